The minimum atomic E-state index is 0.274. The molecule has 1 aliphatic heterocycles. The average Bonchev–Trinajstić information content (AvgIpc) is 2.67. The Kier molecular flexibility index (Phi) is 3.56. The lowest BCUT2D eigenvalue weighted by atomic mass is 10.1. The van der Waals surface area contributed by atoms with Gasteiger partial charge in [-0.15, -0.1) is 0 Å². The van der Waals surface area contributed by atoms with E-state index in [2.05, 4.69) is 17.5 Å². The van der Waals surface area contributed by atoms with Gasteiger partial charge in [-0.2, -0.15) is 0 Å². The molecule has 1 unspecified atom stereocenters. The van der Waals surface area contributed by atoms with Crippen molar-refractivity contribution < 1.29 is 9.84 Å². The summed E-state index contributed by atoms with van der Waals surface area (Å²) in [5.74, 6) is 0.358. The molecule has 14 heavy (non-hydrogen) atoms. The van der Waals surface area contributed by atoms with E-state index < -0.39 is 0 Å². The topological polar surface area (TPSA) is 41.5 Å². The fourth-order valence-electron chi connectivity index (χ4n) is 2.21. The lowest BCUT2D eigenvalue weighted by Crippen LogP contribution is -2.42. The summed E-state index contributed by atoms with van der Waals surface area (Å²) in [4.78, 5) is 0. The molecule has 0 bridgehead atoms. The van der Waals surface area contributed by atoms with E-state index in [1.165, 1.54) is 6.42 Å². The molecule has 0 aromatic carbocycles. The maximum Gasteiger partial charge on any atom is 0.0619 e. The van der Waals surface area contributed by atoms with Crippen LogP contribution in [0.3, 0.4) is 0 Å². The van der Waals surface area contributed by atoms with E-state index in [1.54, 1.807) is 0 Å². The minimum absolute atomic E-state index is 0.274. The molecule has 1 fully saturated rings. The van der Waals surface area contributed by atoms with Crippen LogP contribution in [0.1, 0.15) is 19.3 Å². The van der Waals surface area contributed by atoms with Crippen molar-refractivity contribution in [3.8, 4) is 0 Å². The van der Waals surface area contributed by atoms with Crippen LogP contribution in [0.25, 0.3) is 0 Å². The Hall–Kier alpha value is -0.380. The van der Waals surface area contributed by atoms with Crippen molar-refractivity contribution in [1.29, 1.82) is 0 Å². The Balaban J connectivity index is 1.73. The molecule has 1 saturated heterocycles. The third-order valence-electron chi connectivity index (χ3n) is 3.02. The molecule has 3 nitrogen and oxygen atoms in total. The molecule has 80 valence electrons. The summed E-state index contributed by atoms with van der Waals surface area (Å²) >= 11 is 0. The Morgan fingerprint density at radius 3 is 3.00 bits per heavy atom. The average molecular weight is 197 g/mol. The lowest BCUT2D eigenvalue weighted by molar-refractivity contribution is 0.0676. The normalized spacial score (nSPS) is 37.6. The first-order valence-corrected chi connectivity index (χ1v) is 5.51. The Labute approximate surface area is 85.1 Å². The molecule has 3 heteroatoms. The van der Waals surface area contributed by atoms with Crippen LogP contribution in [0.5, 0.6) is 0 Å². The zero-order valence-electron chi connectivity index (χ0n) is 8.48. The van der Waals surface area contributed by atoms with E-state index in [0.29, 0.717) is 18.0 Å². The van der Waals surface area contributed by atoms with Gasteiger partial charge in [0.25, 0.3) is 0 Å². The minimum Gasteiger partial charge on any atom is -0.396 e. The summed E-state index contributed by atoms with van der Waals surface area (Å²) in [6.07, 6.45) is 7.70. The van der Waals surface area contributed by atoms with E-state index in [-0.39, 0.29) is 6.61 Å². The first-order valence-electron chi connectivity index (χ1n) is 5.51. The van der Waals surface area contributed by atoms with Crippen molar-refractivity contribution >= 4 is 0 Å². The highest BCUT2D eigenvalue weighted by atomic mass is 16.5. The summed E-state index contributed by atoms with van der Waals surface area (Å²) in [6, 6.07) is 0.953. The zero-order valence-corrected chi connectivity index (χ0v) is 8.48. The number of aliphatic hydroxyl groups excluding tert-OH is 1. The predicted molar refractivity (Wildman–Crippen MR) is 55.1 cm³/mol. The van der Waals surface area contributed by atoms with Crippen molar-refractivity contribution in [1.82, 2.24) is 5.32 Å². The monoisotopic (exact) mass is 197 g/mol. The van der Waals surface area contributed by atoms with Crippen LogP contribution in [0.15, 0.2) is 12.2 Å². The molecular formula is C11H19NO2. The van der Waals surface area contributed by atoms with E-state index in [1.807, 2.05) is 0 Å². The van der Waals surface area contributed by atoms with Crippen LogP contribution < -0.4 is 5.32 Å². The van der Waals surface area contributed by atoms with E-state index >= 15 is 0 Å². The molecule has 2 aliphatic rings. The summed E-state index contributed by atoms with van der Waals surface area (Å²) in [5.41, 5.74) is 0. The van der Waals surface area contributed by atoms with Crippen molar-refractivity contribution in [3.05, 3.63) is 12.2 Å². The Morgan fingerprint density at radius 1 is 1.43 bits per heavy atom. The Bertz CT molecular complexity index is 199. The van der Waals surface area contributed by atoms with Crippen LogP contribution in [0.4, 0.5) is 0 Å². The van der Waals surface area contributed by atoms with Gasteiger partial charge in [-0.05, 0) is 19.3 Å². The largest absolute Gasteiger partial charge is 0.396 e. The van der Waals surface area contributed by atoms with Crippen molar-refractivity contribution in [2.75, 3.05) is 19.8 Å². The fraction of sp³-hybridized carbons (Fsp3) is 0.818. The number of hydrogen-bond donors (Lipinski definition) is 2. The molecule has 1 aliphatic carbocycles. The maximum absolute atomic E-state index is 8.99. The number of hydrogen-bond acceptors (Lipinski definition) is 3. The van der Waals surface area contributed by atoms with Gasteiger partial charge in [0.15, 0.2) is 0 Å². The fourth-order valence-corrected chi connectivity index (χ4v) is 2.21. The zero-order chi connectivity index (χ0) is 9.80. The van der Waals surface area contributed by atoms with Gasteiger partial charge in [-0.1, -0.05) is 12.2 Å². The number of ether oxygens (including phenoxy) is 1. The van der Waals surface area contributed by atoms with Crippen molar-refractivity contribution in [2.24, 2.45) is 5.92 Å². The third-order valence-corrected chi connectivity index (χ3v) is 3.02. The molecule has 3 atom stereocenters. The summed E-state index contributed by atoms with van der Waals surface area (Å²) in [6.45, 7) is 2.03. The van der Waals surface area contributed by atoms with Crippen molar-refractivity contribution in [3.63, 3.8) is 0 Å². The third kappa shape index (κ3) is 2.56. The molecule has 0 aromatic heterocycles. The molecule has 2 rings (SSSR count). The molecule has 0 amide bonds. The van der Waals surface area contributed by atoms with Crippen LogP contribution in [-0.4, -0.2) is 37.0 Å². The molecule has 2 N–H and O–H groups in total. The highest BCUT2D eigenvalue weighted by molar-refractivity contribution is 5.06. The van der Waals surface area contributed by atoms with Crippen LogP contribution in [-0.2, 0) is 4.74 Å². The lowest BCUT2D eigenvalue weighted by Gasteiger charge is -2.26. The van der Waals surface area contributed by atoms with Gasteiger partial charge in [0.2, 0.25) is 0 Å². The molecule has 1 heterocycles. The second-order valence-electron chi connectivity index (χ2n) is 4.25. The molecule has 0 radical (unpaired) electrons. The summed E-state index contributed by atoms with van der Waals surface area (Å²) in [5, 5.41) is 12.5. The predicted octanol–water partition coefficient (Wildman–Crippen LogP) is 0.692. The molecular weight excluding hydrogens is 178 g/mol. The maximum atomic E-state index is 8.99. The van der Waals surface area contributed by atoms with Gasteiger partial charge >= 0.3 is 0 Å². The van der Waals surface area contributed by atoms with Crippen LogP contribution in [0.2, 0.25) is 0 Å². The van der Waals surface area contributed by atoms with E-state index in [4.69, 9.17) is 9.84 Å². The smallest absolute Gasteiger partial charge is 0.0619 e. The Morgan fingerprint density at radius 2 is 2.36 bits per heavy atom. The van der Waals surface area contributed by atoms with Gasteiger partial charge in [0.1, 0.15) is 0 Å². The van der Waals surface area contributed by atoms with Gasteiger partial charge < -0.3 is 15.2 Å². The molecule has 0 saturated carbocycles. The molecule has 0 aromatic rings. The highest BCUT2D eigenvalue weighted by Gasteiger charge is 2.22. The number of nitrogens with one attached hydrogen (secondary N) is 1. The summed E-state index contributed by atoms with van der Waals surface area (Å²) in [7, 11) is 0. The van der Waals surface area contributed by atoms with E-state index in [0.717, 1.165) is 26.1 Å². The van der Waals surface area contributed by atoms with Crippen LogP contribution >= 0.6 is 0 Å². The number of aliphatic hydroxyl groups is 1. The van der Waals surface area contributed by atoms with Gasteiger partial charge in [-0.25, -0.2) is 0 Å². The van der Waals surface area contributed by atoms with Crippen LogP contribution in [0, 0.1) is 5.92 Å². The van der Waals surface area contributed by atoms with E-state index in [9.17, 15) is 0 Å². The standard InChI is InChI=1S/C11H19NO2/c13-7-9-3-4-10(6-9)12-11-2-1-5-14-8-11/h3-4,9-13H,1-2,5-8H2/t9-,10+,11?/m0/s1. The quantitative estimate of drug-likeness (QED) is 0.654. The second-order valence-corrected chi connectivity index (χ2v) is 4.25. The van der Waals surface area contributed by atoms with Gasteiger partial charge in [0.05, 0.1) is 6.61 Å². The second kappa shape index (κ2) is 4.91. The first kappa shape index (κ1) is 10.1. The SMILES string of the molecule is OC[C@H]1C=C[C@@H](NC2CCCOC2)C1. The first-order chi connectivity index (χ1) is 6.88. The van der Waals surface area contributed by atoms with Gasteiger partial charge in [-0.3, -0.25) is 0 Å². The number of rotatable bonds is 3. The van der Waals surface area contributed by atoms with Crippen molar-refractivity contribution in [2.45, 2.75) is 31.3 Å². The highest BCUT2D eigenvalue weighted by Crippen LogP contribution is 2.18. The summed E-state index contributed by atoms with van der Waals surface area (Å²) < 4.78 is 5.41. The van der Waals surface area contributed by atoms with Gasteiger partial charge in [0, 0.05) is 31.2 Å². The molecule has 0 spiro atoms.